The first-order chi connectivity index (χ1) is 7.25. The van der Waals surface area contributed by atoms with Crippen molar-refractivity contribution in [3.63, 3.8) is 0 Å². The molecule has 1 aliphatic carbocycles. The predicted molar refractivity (Wildman–Crippen MR) is 52.7 cm³/mol. The van der Waals surface area contributed by atoms with Gasteiger partial charge in [-0.15, -0.1) is 0 Å². The van der Waals surface area contributed by atoms with E-state index in [4.69, 9.17) is 14.4 Å². The Hall–Kier alpha value is -1.25. The van der Waals surface area contributed by atoms with E-state index in [1.165, 1.54) is 15.6 Å². The van der Waals surface area contributed by atoms with Crippen LogP contribution in [0, 0.1) is 0 Å². The molecule has 3 nitrogen and oxygen atoms in total. The summed E-state index contributed by atoms with van der Waals surface area (Å²) in [5.41, 5.74) is 2.59. The topological polar surface area (TPSA) is 51.2 Å². The Balaban J connectivity index is -0.000000208. The van der Waals surface area contributed by atoms with Crippen LogP contribution in [0.1, 0.15) is 13.3 Å². The quantitative estimate of drug-likeness (QED) is 0.650. The van der Waals surface area contributed by atoms with E-state index in [2.05, 4.69) is 56.0 Å². The van der Waals surface area contributed by atoms with E-state index in [-0.39, 0.29) is 0 Å². The molecule has 0 unspecified atom stereocenters. The predicted octanol–water partition coefficient (Wildman–Crippen LogP) is 1.13. The van der Waals surface area contributed by atoms with Gasteiger partial charge in [0.1, 0.15) is 0 Å². The largest absolute Gasteiger partial charge is 0.281 e. The molecule has 0 amide bonds. The van der Waals surface area contributed by atoms with Crippen molar-refractivity contribution >= 4 is 20.4 Å². The van der Waals surface area contributed by atoms with Crippen LogP contribution in [-0.2, 0) is 30.4 Å². The van der Waals surface area contributed by atoms with Gasteiger partial charge in [-0.1, -0.05) is 0 Å². The second-order valence-electron chi connectivity index (χ2n) is 2.11. The van der Waals surface area contributed by atoms with E-state index in [1.54, 1.807) is 0 Å². The van der Waals surface area contributed by atoms with Crippen LogP contribution in [0.2, 0.25) is 0 Å². The maximum absolute atomic E-state index is 7.50. The van der Waals surface area contributed by atoms with Gasteiger partial charge in [-0.05, 0) is 0 Å². The fourth-order valence-corrected chi connectivity index (χ4v) is 1.42. The number of hydrogen-bond donors (Lipinski definition) is 0. The third-order valence-corrected chi connectivity index (χ3v) is 2.07. The van der Waals surface area contributed by atoms with Gasteiger partial charge in [0.25, 0.3) is 20.4 Å². The average Bonchev–Trinajstić information content (AvgIpc) is 2.66. The van der Waals surface area contributed by atoms with Gasteiger partial charge in [0, 0.05) is 0 Å². The molecule has 4 heteroatoms. The molecule has 0 spiro atoms. The minimum absolute atomic E-state index is 1.03. The van der Waals surface area contributed by atoms with E-state index in [0.29, 0.717) is 0 Å². The van der Waals surface area contributed by atoms with Gasteiger partial charge >= 0.3 is 63.7 Å². The smallest absolute Gasteiger partial charge is 0.281 e. The molecule has 6 radical (unpaired) electrons. The first-order valence-corrected chi connectivity index (χ1v) is 4.14. The summed E-state index contributed by atoms with van der Waals surface area (Å²) in [6.07, 6.45) is 5.12. The van der Waals surface area contributed by atoms with Gasteiger partial charge in [-0.3, -0.25) is 14.4 Å². The fraction of sp³-hybridized carbons (Fsp3) is 0.182. The molecule has 0 saturated carbocycles. The van der Waals surface area contributed by atoms with Crippen molar-refractivity contribution in [2.45, 2.75) is 13.3 Å². The van der Waals surface area contributed by atoms with Crippen molar-refractivity contribution in [3.05, 3.63) is 34.3 Å². The Morgan fingerprint density at radius 2 is 1.67 bits per heavy atom. The summed E-state index contributed by atoms with van der Waals surface area (Å²) >= 11 is 3.46. The number of hydrogen-bond acceptors (Lipinski definition) is 3. The van der Waals surface area contributed by atoms with Gasteiger partial charge in [0.2, 0.25) is 0 Å². The summed E-state index contributed by atoms with van der Waals surface area (Å²) < 4.78 is 1.26. The Morgan fingerprint density at radius 3 is 1.80 bits per heavy atom. The molecule has 78 valence electrons. The monoisotopic (exact) mass is 244 g/mol. The second kappa shape index (κ2) is 15.2. The van der Waals surface area contributed by atoms with Crippen LogP contribution >= 0.6 is 0 Å². The zero-order valence-corrected chi connectivity index (χ0v) is 9.35. The number of carbonyl (C=O) groups excluding carboxylic acids is 3. The molecule has 0 bridgehead atoms. The van der Waals surface area contributed by atoms with Gasteiger partial charge < -0.3 is 0 Å². The van der Waals surface area contributed by atoms with E-state index in [9.17, 15) is 0 Å². The first-order valence-electron chi connectivity index (χ1n) is 3.55. The number of rotatable bonds is 1. The SMILES string of the molecule is C=CC1=[C]([Mn])CC=C1C.[C]=O.[C]=O.[C]=O. The Kier molecular flexibility index (Phi) is 19.6. The van der Waals surface area contributed by atoms with E-state index in [1.807, 2.05) is 6.08 Å². The minimum atomic E-state index is 1.03. The first kappa shape index (κ1) is 19.3. The van der Waals surface area contributed by atoms with E-state index >= 15 is 0 Å². The molecule has 1 aliphatic rings. The minimum Gasteiger partial charge on any atom is -0.281 e. The molecule has 0 aromatic rings. The Morgan fingerprint density at radius 1 is 1.27 bits per heavy atom. The molecular formula is C11H9MnO3. The van der Waals surface area contributed by atoms with Gasteiger partial charge in [-0.2, -0.15) is 0 Å². The third kappa shape index (κ3) is 7.79. The number of allylic oxidation sites excluding steroid dienone is 5. The molecule has 0 fully saturated rings. The summed E-state index contributed by atoms with van der Waals surface area (Å²) in [6.45, 7) is 19.3. The maximum Gasteiger partial charge on any atom is 0.281 e. The molecule has 0 aliphatic heterocycles. The molecule has 0 atom stereocenters. The molecule has 0 N–H and O–H groups in total. The van der Waals surface area contributed by atoms with Crippen molar-refractivity contribution in [1.82, 2.24) is 0 Å². The van der Waals surface area contributed by atoms with Gasteiger partial charge in [-0.25, -0.2) is 0 Å². The maximum atomic E-state index is 7.50. The van der Waals surface area contributed by atoms with Crippen LogP contribution in [-0.4, -0.2) is 20.4 Å². The van der Waals surface area contributed by atoms with Crippen LogP contribution in [0.4, 0.5) is 0 Å². The average molecular weight is 244 g/mol. The van der Waals surface area contributed by atoms with Gasteiger partial charge in [0.05, 0.1) is 0 Å². The van der Waals surface area contributed by atoms with Crippen LogP contribution in [0.15, 0.2) is 34.3 Å². The summed E-state index contributed by atoms with van der Waals surface area (Å²) in [5.74, 6) is 0. The Bertz CT molecular complexity index is 239. The fourth-order valence-electron chi connectivity index (χ4n) is 0.948. The van der Waals surface area contributed by atoms with Crippen LogP contribution in [0.5, 0.6) is 0 Å². The third-order valence-electron chi connectivity index (χ3n) is 1.51. The summed E-state index contributed by atoms with van der Waals surface area (Å²) in [7, 11) is 0. The summed E-state index contributed by atoms with van der Waals surface area (Å²) in [6, 6.07) is 0. The molecular weight excluding hydrogens is 235 g/mol. The summed E-state index contributed by atoms with van der Waals surface area (Å²) in [5, 5.41) is 0. The zero-order chi connectivity index (χ0) is 12.9. The normalized spacial score (nSPS) is 11.7. The van der Waals surface area contributed by atoms with Crippen molar-refractivity contribution in [2.75, 3.05) is 0 Å². The molecule has 15 heavy (non-hydrogen) atoms. The van der Waals surface area contributed by atoms with Crippen molar-refractivity contribution < 1.29 is 30.4 Å². The van der Waals surface area contributed by atoms with Crippen LogP contribution in [0.3, 0.4) is 0 Å². The molecule has 0 aromatic heterocycles. The standard InChI is InChI=1S/C8H9.3CO.Mn/c1-3-8-6-4-5-7(8)2;3*1-2;/h3,5H,1,4H2,2H3;;;;. The van der Waals surface area contributed by atoms with Gasteiger partial charge in [0.15, 0.2) is 0 Å². The van der Waals surface area contributed by atoms with Crippen LogP contribution < -0.4 is 0 Å². The van der Waals surface area contributed by atoms with E-state index < -0.39 is 0 Å². The zero-order valence-electron chi connectivity index (χ0n) is 8.17. The second-order valence-corrected chi connectivity index (χ2v) is 2.83. The van der Waals surface area contributed by atoms with Crippen molar-refractivity contribution in [3.8, 4) is 0 Å². The van der Waals surface area contributed by atoms with Crippen molar-refractivity contribution in [1.29, 1.82) is 0 Å². The van der Waals surface area contributed by atoms with Crippen molar-refractivity contribution in [2.24, 2.45) is 0 Å². The molecule has 0 aromatic carbocycles. The van der Waals surface area contributed by atoms with Crippen LogP contribution in [0.25, 0.3) is 0 Å². The molecule has 1 rings (SSSR count). The Labute approximate surface area is 98.8 Å². The van der Waals surface area contributed by atoms with E-state index in [0.717, 1.165) is 6.42 Å². The molecule has 0 saturated heterocycles. The molecule has 0 heterocycles. The summed E-state index contributed by atoms with van der Waals surface area (Å²) in [4.78, 5) is 22.5.